The summed E-state index contributed by atoms with van der Waals surface area (Å²) in [4.78, 5) is 18.1. The van der Waals surface area contributed by atoms with Gasteiger partial charge in [0.05, 0.1) is 10.8 Å². The Bertz CT molecular complexity index is 610. The molecule has 2 aromatic heterocycles. The van der Waals surface area contributed by atoms with Crippen LogP contribution in [0, 0.1) is 0 Å². The van der Waals surface area contributed by atoms with Gasteiger partial charge in [-0.2, -0.15) is 0 Å². The van der Waals surface area contributed by atoms with Crippen LogP contribution >= 0.6 is 11.8 Å². The Morgan fingerprint density at radius 1 is 1.38 bits per heavy atom. The molecule has 7 heteroatoms. The molecule has 1 aliphatic heterocycles. The zero-order valence-electron chi connectivity index (χ0n) is 11.7. The monoisotopic (exact) mass is 304 g/mol. The molecule has 2 aromatic rings. The normalized spacial score (nSPS) is 16.1. The molecule has 0 aromatic carbocycles. The maximum absolute atomic E-state index is 12.2. The summed E-state index contributed by atoms with van der Waals surface area (Å²) >= 11 is 1.30. The van der Waals surface area contributed by atoms with Gasteiger partial charge in [-0.05, 0) is 31.9 Å². The standard InChI is InChI=1S/C14H16N4O2S/c1-10(13(19)18-7-2-3-8-18)21-14-17-16-12(20-14)11-5-4-6-15-9-11/h4-6,9-10H,2-3,7-8H2,1H3. The molecule has 110 valence electrons. The zero-order chi connectivity index (χ0) is 14.7. The third-order valence-electron chi connectivity index (χ3n) is 3.36. The van der Waals surface area contributed by atoms with Gasteiger partial charge in [-0.15, -0.1) is 10.2 Å². The summed E-state index contributed by atoms with van der Waals surface area (Å²) in [7, 11) is 0. The second kappa shape index (κ2) is 6.26. The lowest BCUT2D eigenvalue weighted by Gasteiger charge is -2.18. The zero-order valence-corrected chi connectivity index (χ0v) is 12.5. The number of likely N-dealkylation sites (tertiary alicyclic amines) is 1. The summed E-state index contributed by atoms with van der Waals surface area (Å²) in [6.45, 7) is 3.59. The Hall–Kier alpha value is -1.89. The highest BCUT2D eigenvalue weighted by Gasteiger charge is 2.25. The van der Waals surface area contributed by atoms with Crippen molar-refractivity contribution in [2.75, 3.05) is 13.1 Å². The van der Waals surface area contributed by atoms with E-state index in [0.29, 0.717) is 11.1 Å². The maximum atomic E-state index is 12.2. The first-order valence-corrected chi connectivity index (χ1v) is 7.81. The molecule has 3 heterocycles. The Balaban J connectivity index is 1.65. The molecule has 0 aliphatic carbocycles. The van der Waals surface area contributed by atoms with E-state index in [1.54, 1.807) is 12.4 Å². The Kier molecular flexibility index (Phi) is 4.19. The quantitative estimate of drug-likeness (QED) is 0.807. The molecule has 6 nitrogen and oxygen atoms in total. The Labute approximate surface area is 127 Å². The number of hydrogen-bond donors (Lipinski definition) is 0. The highest BCUT2D eigenvalue weighted by atomic mass is 32.2. The fourth-order valence-electron chi connectivity index (χ4n) is 2.26. The second-order valence-electron chi connectivity index (χ2n) is 4.91. The molecule has 1 fully saturated rings. The SMILES string of the molecule is CC(Sc1nnc(-c2cccnc2)o1)C(=O)N1CCCC1. The number of amides is 1. The van der Waals surface area contributed by atoms with Crippen molar-refractivity contribution < 1.29 is 9.21 Å². The van der Waals surface area contributed by atoms with E-state index in [1.165, 1.54) is 11.8 Å². The van der Waals surface area contributed by atoms with Gasteiger partial charge < -0.3 is 9.32 Å². The van der Waals surface area contributed by atoms with E-state index in [1.807, 2.05) is 24.0 Å². The maximum Gasteiger partial charge on any atom is 0.277 e. The van der Waals surface area contributed by atoms with Crippen molar-refractivity contribution in [2.24, 2.45) is 0 Å². The van der Waals surface area contributed by atoms with Crippen molar-refractivity contribution in [1.82, 2.24) is 20.1 Å². The van der Waals surface area contributed by atoms with Crippen LogP contribution in [0.15, 0.2) is 34.2 Å². The summed E-state index contributed by atoms with van der Waals surface area (Å²) in [6, 6.07) is 3.67. The van der Waals surface area contributed by atoms with Crippen molar-refractivity contribution in [3.63, 3.8) is 0 Å². The van der Waals surface area contributed by atoms with Crippen molar-refractivity contribution in [3.05, 3.63) is 24.5 Å². The molecule has 0 spiro atoms. The van der Waals surface area contributed by atoms with Gasteiger partial charge in [0.15, 0.2) is 0 Å². The predicted molar refractivity (Wildman–Crippen MR) is 78.7 cm³/mol. The molecule has 3 rings (SSSR count). The van der Waals surface area contributed by atoms with Gasteiger partial charge in [0.1, 0.15) is 0 Å². The van der Waals surface area contributed by atoms with Crippen LogP contribution in [0.5, 0.6) is 0 Å². The van der Waals surface area contributed by atoms with Crippen molar-refractivity contribution in [1.29, 1.82) is 0 Å². The molecular formula is C14H16N4O2S. The minimum atomic E-state index is -0.217. The minimum absolute atomic E-state index is 0.138. The summed E-state index contributed by atoms with van der Waals surface area (Å²) < 4.78 is 5.58. The number of thioether (sulfide) groups is 1. The van der Waals surface area contributed by atoms with Gasteiger partial charge >= 0.3 is 0 Å². The van der Waals surface area contributed by atoms with E-state index in [-0.39, 0.29) is 11.2 Å². The van der Waals surface area contributed by atoms with Gasteiger partial charge in [0, 0.05) is 25.5 Å². The van der Waals surface area contributed by atoms with Crippen LogP contribution < -0.4 is 0 Å². The molecule has 1 aliphatic rings. The van der Waals surface area contributed by atoms with Crippen LogP contribution in [-0.2, 0) is 4.79 Å². The van der Waals surface area contributed by atoms with Crippen molar-refractivity contribution in [2.45, 2.75) is 30.2 Å². The number of pyridine rings is 1. The molecule has 1 unspecified atom stereocenters. The Morgan fingerprint density at radius 3 is 2.90 bits per heavy atom. The van der Waals surface area contributed by atoms with Crippen LogP contribution in [0.2, 0.25) is 0 Å². The highest BCUT2D eigenvalue weighted by Crippen LogP contribution is 2.27. The third-order valence-corrected chi connectivity index (χ3v) is 4.28. The van der Waals surface area contributed by atoms with E-state index in [0.717, 1.165) is 31.5 Å². The minimum Gasteiger partial charge on any atom is -0.411 e. The van der Waals surface area contributed by atoms with Gasteiger partial charge in [0.25, 0.3) is 5.22 Å². The molecule has 0 N–H and O–H groups in total. The Morgan fingerprint density at radius 2 is 2.19 bits per heavy atom. The average Bonchev–Trinajstić information content (AvgIpc) is 3.19. The van der Waals surface area contributed by atoms with E-state index in [2.05, 4.69) is 15.2 Å². The summed E-state index contributed by atoms with van der Waals surface area (Å²) in [5.74, 6) is 0.560. The smallest absolute Gasteiger partial charge is 0.277 e. The summed E-state index contributed by atoms with van der Waals surface area (Å²) in [5, 5.41) is 8.18. The summed E-state index contributed by atoms with van der Waals surface area (Å²) in [5.41, 5.74) is 0.773. The fraction of sp³-hybridized carbons (Fsp3) is 0.429. The molecule has 0 bridgehead atoms. The van der Waals surface area contributed by atoms with Crippen LogP contribution in [0.25, 0.3) is 11.5 Å². The number of hydrogen-bond acceptors (Lipinski definition) is 6. The lowest BCUT2D eigenvalue weighted by atomic mass is 10.3. The number of rotatable bonds is 4. The molecular weight excluding hydrogens is 288 g/mol. The van der Waals surface area contributed by atoms with Gasteiger partial charge in [-0.1, -0.05) is 11.8 Å². The molecule has 1 amide bonds. The third kappa shape index (κ3) is 3.24. The van der Waals surface area contributed by atoms with E-state index >= 15 is 0 Å². The fourth-order valence-corrected chi connectivity index (χ4v) is 3.03. The lowest BCUT2D eigenvalue weighted by Crippen LogP contribution is -2.34. The van der Waals surface area contributed by atoms with Crippen molar-refractivity contribution >= 4 is 17.7 Å². The van der Waals surface area contributed by atoms with Crippen LogP contribution in [-0.4, -0.2) is 44.3 Å². The van der Waals surface area contributed by atoms with Crippen LogP contribution in [0.3, 0.4) is 0 Å². The van der Waals surface area contributed by atoms with E-state index < -0.39 is 0 Å². The van der Waals surface area contributed by atoms with Gasteiger partial charge in [-0.25, -0.2) is 0 Å². The average molecular weight is 304 g/mol. The van der Waals surface area contributed by atoms with Crippen molar-refractivity contribution in [3.8, 4) is 11.5 Å². The molecule has 0 saturated carbocycles. The lowest BCUT2D eigenvalue weighted by molar-refractivity contribution is -0.129. The van der Waals surface area contributed by atoms with E-state index in [4.69, 9.17) is 4.42 Å². The number of carbonyl (C=O) groups is 1. The first kappa shape index (κ1) is 14.1. The number of nitrogens with zero attached hydrogens (tertiary/aromatic N) is 4. The molecule has 1 atom stereocenters. The topological polar surface area (TPSA) is 72.1 Å². The number of carbonyl (C=O) groups excluding carboxylic acids is 1. The molecule has 1 saturated heterocycles. The first-order chi connectivity index (χ1) is 10.2. The number of aromatic nitrogens is 3. The summed E-state index contributed by atoms with van der Waals surface area (Å²) in [6.07, 6.45) is 5.54. The predicted octanol–water partition coefficient (Wildman–Crippen LogP) is 2.23. The largest absolute Gasteiger partial charge is 0.411 e. The first-order valence-electron chi connectivity index (χ1n) is 6.93. The molecule has 0 radical (unpaired) electrons. The van der Waals surface area contributed by atoms with Gasteiger partial charge in [0.2, 0.25) is 11.8 Å². The second-order valence-corrected chi connectivity index (χ2v) is 6.20. The van der Waals surface area contributed by atoms with Gasteiger partial charge in [-0.3, -0.25) is 9.78 Å². The van der Waals surface area contributed by atoms with Crippen LogP contribution in [0.1, 0.15) is 19.8 Å². The highest BCUT2D eigenvalue weighted by molar-refractivity contribution is 8.00. The van der Waals surface area contributed by atoms with E-state index in [9.17, 15) is 4.79 Å². The molecule has 21 heavy (non-hydrogen) atoms. The van der Waals surface area contributed by atoms with Crippen LogP contribution in [0.4, 0.5) is 0 Å².